The SMILES string of the molecule is NCC(N)CCNC(=O)CCCCCC(=O)NCCC(N)CN. The molecule has 0 aromatic carbocycles. The number of rotatable bonds is 14. The fourth-order valence-corrected chi connectivity index (χ4v) is 1.95. The van der Waals surface area contributed by atoms with E-state index in [4.69, 9.17) is 22.9 Å². The Morgan fingerprint density at radius 1 is 0.739 bits per heavy atom. The van der Waals surface area contributed by atoms with Crippen molar-refractivity contribution in [2.45, 2.75) is 57.0 Å². The van der Waals surface area contributed by atoms with Crippen molar-refractivity contribution in [1.29, 1.82) is 0 Å². The number of amides is 2. The van der Waals surface area contributed by atoms with E-state index in [1.165, 1.54) is 0 Å². The third-order valence-corrected chi connectivity index (χ3v) is 3.59. The number of nitrogens with two attached hydrogens (primary N) is 4. The third-order valence-electron chi connectivity index (χ3n) is 3.59. The van der Waals surface area contributed by atoms with E-state index in [-0.39, 0.29) is 23.9 Å². The minimum Gasteiger partial charge on any atom is -0.356 e. The van der Waals surface area contributed by atoms with Crippen LogP contribution in [0.25, 0.3) is 0 Å². The monoisotopic (exact) mass is 330 g/mol. The molecular weight excluding hydrogens is 296 g/mol. The van der Waals surface area contributed by atoms with Crippen LogP contribution in [0.5, 0.6) is 0 Å². The summed E-state index contributed by atoms with van der Waals surface area (Å²) in [6.07, 6.45) is 4.74. The van der Waals surface area contributed by atoms with Gasteiger partial charge in [0.1, 0.15) is 0 Å². The van der Waals surface area contributed by atoms with Gasteiger partial charge >= 0.3 is 0 Å². The van der Waals surface area contributed by atoms with Crippen molar-refractivity contribution in [3.05, 3.63) is 0 Å². The maximum Gasteiger partial charge on any atom is 0.219 e. The normalized spacial score (nSPS) is 13.4. The van der Waals surface area contributed by atoms with Crippen LogP contribution in [0.4, 0.5) is 0 Å². The molecule has 2 atom stereocenters. The Hall–Kier alpha value is -1.22. The fourth-order valence-electron chi connectivity index (χ4n) is 1.95. The highest BCUT2D eigenvalue weighted by molar-refractivity contribution is 5.76. The van der Waals surface area contributed by atoms with Gasteiger partial charge in [0.25, 0.3) is 0 Å². The molecule has 0 aliphatic heterocycles. The van der Waals surface area contributed by atoms with Gasteiger partial charge in [-0.3, -0.25) is 9.59 Å². The lowest BCUT2D eigenvalue weighted by Gasteiger charge is -2.10. The second kappa shape index (κ2) is 14.4. The number of nitrogens with one attached hydrogen (secondary N) is 2. The Labute approximate surface area is 139 Å². The van der Waals surface area contributed by atoms with Crippen LogP contribution in [0.1, 0.15) is 44.9 Å². The van der Waals surface area contributed by atoms with Crippen molar-refractivity contribution in [3.8, 4) is 0 Å². The van der Waals surface area contributed by atoms with Gasteiger partial charge in [-0.25, -0.2) is 0 Å². The standard InChI is InChI=1S/C15H34N6O2/c16-10-12(18)6-8-20-14(22)4-2-1-3-5-15(23)21-9-7-13(19)11-17/h12-13H,1-11,16-19H2,(H,20,22)(H,21,23). The van der Waals surface area contributed by atoms with Gasteiger partial charge in [-0.2, -0.15) is 0 Å². The summed E-state index contributed by atoms with van der Waals surface area (Å²) < 4.78 is 0. The average molecular weight is 330 g/mol. The van der Waals surface area contributed by atoms with Crippen LogP contribution in [-0.2, 0) is 9.59 Å². The summed E-state index contributed by atoms with van der Waals surface area (Å²) in [5.74, 6) is 0.0453. The van der Waals surface area contributed by atoms with Crippen LogP contribution < -0.4 is 33.6 Å². The molecule has 10 N–H and O–H groups in total. The highest BCUT2D eigenvalue weighted by atomic mass is 16.2. The Bertz CT molecular complexity index is 297. The fraction of sp³-hybridized carbons (Fsp3) is 0.867. The van der Waals surface area contributed by atoms with Gasteiger partial charge < -0.3 is 33.6 Å². The van der Waals surface area contributed by atoms with Gasteiger partial charge in [0, 0.05) is 51.1 Å². The summed E-state index contributed by atoms with van der Waals surface area (Å²) in [5.41, 5.74) is 22.1. The van der Waals surface area contributed by atoms with Gasteiger partial charge in [0.2, 0.25) is 11.8 Å². The lowest BCUT2D eigenvalue weighted by Crippen LogP contribution is -2.35. The zero-order valence-corrected chi connectivity index (χ0v) is 14.1. The van der Waals surface area contributed by atoms with E-state index in [9.17, 15) is 9.59 Å². The van der Waals surface area contributed by atoms with E-state index in [2.05, 4.69) is 10.6 Å². The molecule has 23 heavy (non-hydrogen) atoms. The first-order chi connectivity index (χ1) is 11.0. The molecule has 0 aromatic rings. The third kappa shape index (κ3) is 14.1. The highest BCUT2D eigenvalue weighted by Crippen LogP contribution is 2.03. The molecule has 2 unspecified atom stereocenters. The molecule has 8 nitrogen and oxygen atoms in total. The molecule has 0 aliphatic carbocycles. The molecule has 0 saturated heterocycles. The van der Waals surface area contributed by atoms with Gasteiger partial charge in [0.15, 0.2) is 0 Å². The smallest absolute Gasteiger partial charge is 0.219 e. The molecule has 136 valence electrons. The van der Waals surface area contributed by atoms with E-state index in [0.29, 0.717) is 51.9 Å². The second-order valence-corrected chi connectivity index (χ2v) is 5.83. The Morgan fingerprint density at radius 2 is 1.13 bits per heavy atom. The topological polar surface area (TPSA) is 162 Å². The Morgan fingerprint density at radius 3 is 1.48 bits per heavy atom. The molecule has 2 amide bonds. The van der Waals surface area contributed by atoms with Crippen LogP contribution in [0.3, 0.4) is 0 Å². The Kier molecular flexibility index (Phi) is 13.6. The van der Waals surface area contributed by atoms with Crippen LogP contribution in [0.15, 0.2) is 0 Å². The van der Waals surface area contributed by atoms with Crippen molar-refractivity contribution < 1.29 is 9.59 Å². The molecule has 0 aliphatic rings. The average Bonchev–Trinajstić information content (AvgIpc) is 2.54. The van der Waals surface area contributed by atoms with Crippen molar-refractivity contribution in [1.82, 2.24) is 10.6 Å². The van der Waals surface area contributed by atoms with E-state index < -0.39 is 0 Å². The molecular formula is C15H34N6O2. The van der Waals surface area contributed by atoms with Gasteiger partial charge in [-0.1, -0.05) is 6.42 Å². The number of carbonyl (C=O) groups is 2. The first-order valence-corrected chi connectivity index (χ1v) is 8.44. The van der Waals surface area contributed by atoms with E-state index in [1.807, 2.05) is 0 Å². The lowest BCUT2D eigenvalue weighted by molar-refractivity contribution is -0.121. The van der Waals surface area contributed by atoms with Crippen molar-refractivity contribution >= 4 is 11.8 Å². The summed E-state index contributed by atoms with van der Waals surface area (Å²) in [6, 6.07) is -0.124. The largest absolute Gasteiger partial charge is 0.356 e. The number of carbonyl (C=O) groups excluding carboxylic acids is 2. The molecule has 0 heterocycles. The molecule has 0 spiro atoms. The van der Waals surface area contributed by atoms with Crippen LogP contribution in [0, 0.1) is 0 Å². The molecule has 0 rings (SSSR count). The first kappa shape index (κ1) is 21.8. The van der Waals surface area contributed by atoms with Crippen LogP contribution in [0.2, 0.25) is 0 Å². The van der Waals surface area contributed by atoms with Crippen molar-refractivity contribution in [2.24, 2.45) is 22.9 Å². The van der Waals surface area contributed by atoms with Crippen LogP contribution >= 0.6 is 0 Å². The zero-order chi connectivity index (χ0) is 17.5. The maximum atomic E-state index is 11.6. The maximum absolute atomic E-state index is 11.6. The van der Waals surface area contributed by atoms with E-state index in [1.54, 1.807) is 0 Å². The number of hydrogen-bond donors (Lipinski definition) is 6. The summed E-state index contributed by atoms with van der Waals surface area (Å²) in [4.78, 5) is 23.1. The van der Waals surface area contributed by atoms with E-state index >= 15 is 0 Å². The highest BCUT2D eigenvalue weighted by Gasteiger charge is 2.05. The Balaban J connectivity index is 3.43. The molecule has 0 radical (unpaired) electrons. The molecule has 0 aromatic heterocycles. The minimum absolute atomic E-state index is 0.0226. The summed E-state index contributed by atoms with van der Waals surface area (Å²) in [7, 11) is 0. The summed E-state index contributed by atoms with van der Waals surface area (Å²) >= 11 is 0. The summed E-state index contributed by atoms with van der Waals surface area (Å²) in [5, 5.41) is 5.63. The number of hydrogen-bond acceptors (Lipinski definition) is 6. The predicted molar refractivity (Wildman–Crippen MR) is 92.4 cm³/mol. The molecule has 0 saturated carbocycles. The molecule has 0 bridgehead atoms. The first-order valence-electron chi connectivity index (χ1n) is 8.44. The second-order valence-electron chi connectivity index (χ2n) is 5.83. The van der Waals surface area contributed by atoms with E-state index in [0.717, 1.165) is 19.3 Å². The van der Waals surface area contributed by atoms with Crippen LogP contribution in [-0.4, -0.2) is 50.1 Å². The van der Waals surface area contributed by atoms with Crippen molar-refractivity contribution in [3.63, 3.8) is 0 Å². The van der Waals surface area contributed by atoms with Gasteiger partial charge in [0.05, 0.1) is 0 Å². The lowest BCUT2D eigenvalue weighted by atomic mass is 10.1. The summed E-state index contributed by atoms with van der Waals surface area (Å²) in [6.45, 7) is 1.97. The quantitative estimate of drug-likeness (QED) is 0.213. The minimum atomic E-state index is -0.0618. The molecule has 8 heteroatoms. The zero-order valence-electron chi connectivity index (χ0n) is 14.1. The van der Waals surface area contributed by atoms with Gasteiger partial charge in [-0.15, -0.1) is 0 Å². The number of unbranched alkanes of at least 4 members (excludes halogenated alkanes) is 2. The van der Waals surface area contributed by atoms with Crippen molar-refractivity contribution in [2.75, 3.05) is 26.2 Å². The predicted octanol–water partition coefficient (Wildman–Crippen LogP) is -1.48. The molecule has 0 fully saturated rings. The van der Waals surface area contributed by atoms with Gasteiger partial charge in [-0.05, 0) is 25.7 Å².